The summed E-state index contributed by atoms with van der Waals surface area (Å²) in [5, 5.41) is 0. The largest absolute Gasteiger partial charge is 0.490 e. The van der Waals surface area contributed by atoms with Gasteiger partial charge in [0.15, 0.2) is 0 Å². The van der Waals surface area contributed by atoms with Gasteiger partial charge in [0.2, 0.25) is 0 Å². The normalized spacial score (nSPS) is 12.7. The van der Waals surface area contributed by atoms with E-state index in [2.05, 4.69) is 18.8 Å². The highest BCUT2D eigenvalue weighted by Crippen LogP contribution is 2.14. The topological polar surface area (TPSA) is 57.4 Å². The van der Waals surface area contributed by atoms with Crippen LogP contribution in [0, 0.1) is 5.92 Å². The molecule has 0 aliphatic heterocycles. The first kappa shape index (κ1) is 14.9. The van der Waals surface area contributed by atoms with Crippen LogP contribution in [0.15, 0.2) is 18.3 Å². The standard InChI is InChI=1S/C14H24N2O2/c1-4-13(15)14-6-5-12(9-16-14)18-8-7-17-10-11(2)3/h5-6,9,11,13H,4,7-8,10,15H2,1-3H3/t13-/m0/s1. The second-order valence-corrected chi connectivity index (χ2v) is 4.75. The van der Waals surface area contributed by atoms with Gasteiger partial charge in [0.25, 0.3) is 0 Å². The van der Waals surface area contributed by atoms with Gasteiger partial charge in [-0.2, -0.15) is 0 Å². The summed E-state index contributed by atoms with van der Waals surface area (Å²) in [6.07, 6.45) is 2.60. The van der Waals surface area contributed by atoms with Crippen molar-refractivity contribution in [3.8, 4) is 5.75 Å². The van der Waals surface area contributed by atoms with Gasteiger partial charge in [0, 0.05) is 12.6 Å². The average molecular weight is 252 g/mol. The molecular weight excluding hydrogens is 228 g/mol. The second kappa shape index (κ2) is 8.06. The highest BCUT2D eigenvalue weighted by atomic mass is 16.5. The minimum atomic E-state index is 0.00780. The number of nitrogens with zero attached hydrogens (tertiary/aromatic N) is 1. The lowest BCUT2D eigenvalue weighted by Gasteiger charge is -2.10. The lowest BCUT2D eigenvalue weighted by Crippen LogP contribution is -2.12. The lowest BCUT2D eigenvalue weighted by atomic mass is 10.1. The molecule has 2 N–H and O–H groups in total. The van der Waals surface area contributed by atoms with Crippen LogP contribution in [-0.2, 0) is 4.74 Å². The first-order chi connectivity index (χ1) is 8.63. The third-order valence-electron chi connectivity index (χ3n) is 2.53. The first-order valence-corrected chi connectivity index (χ1v) is 6.55. The van der Waals surface area contributed by atoms with E-state index in [4.69, 9.17) is 15.2 Å². The van der Waals surface area contributed by atoms with Crippen molar-refractivity contribution in [1.29, 1.82) is 0 Å². The molecule has 0 fully saturated rings. The molecule has 0 unspecified atom stereocenters. The molecule has 0 bridgehead atoms. The smallest absolute Gasteiger partial charge is 0.137 e. The maximum atomic E-state index is 5.89. The maximum Gasteiger partial charge on any atom is 0.137 e. The van der Waals surface area contributed by atoms with Crippen molar-refractivity contribution in [2.45, 2.75) is 33.2 Å². The molecule has 0 spiro atoms. The van der Waals surface area contributed by atoms with Crippen molar-refractivity contribution in [2.24, 2.45) is 11.7 Å². The summed E-state index contributed by atoms with van der Waals surface area (Å²) in [7, 11) is 0. The summed E-state index contributed by atoms with van der Waals surface area (Å²) >= 11 is 0. The van der Waals surface area contributed by atoms with Crippen LogP contribution in [-0.4, -0.2) is 24.8 Å². The van der Waals surface area contributed by atoms with Crippen molar-refractivity contribution in [3.05, 3.63) is 24.0 Å². The van der Waals surface area contributed by atoms with Gasteiger partial charge in [0.1, 0.15) is 12.4 Å². The Morgan fingerprint density at radius 3 is 2.61 bits per heavy atom. The maximum absolute atomic E-state index is 5.89. The van der Waals surface area contributed by atoms with Gasteiger partial charge in [-0.1, -0.05) is 20.8 Å². The van der Waals surface area contributed by atoms with Gasteiger partial charge in [-0.05, 0) is 24.5 Å². The number of nitrogens with two attached hydrogens (primary N) is 1. The summed E-state index contributed by atoms with van der Waals surface area (Å²) in [4.78, 5) is 4.29. The second-order valence-electron chi connectivity index (χ2n) is 4.75. The molecule has 1 heterocycles. The molecule has 18 heavy (non-hydrogen) atoms. The third-order valence-corrected chi connectivity index (χ3v) is 2.53. The molecule has 4 heteroatoms. The molecular formula is C14H24N2O2. The predicted octanol–water partition coefficient (Wildman–Crippen LogP) is 2.54. The van der Waals surface area contributed by atoms with Gasteiger partial charge < -0.3 is 15.2 Å². The van der Waals surface area contributed by atoms with E-state index in [1.54, 1.807) is 6.20 Å². The number of ether oxygens (including phenoxy) is 2. The minimum Gasteiger partial charge on any atom is -0.490 e. The Hall–Kier alpha value is -1.13. The Labute approximate surface area is 110 Å². The molecule has 0 radical (unpaired) electrons. The number of pyridine rings is 1. The zero-order chi connectivity index (χ0) is 13.4. The Morgan fingerprint density at radius 2 is 2.06 bits per heavy atom. The van der Waals surface area contributed by atoms with E-state index >= 15 is 0 Å². The predicted molar refractivity (Wildman–Crippen MR) is 72.6 cm³/mol. The van der Waals surface area contributed by atoms with Crippen molar-refractivity contribution >= 4 is 0 Å². The highest BCUT2D eigenvalue weighted by Gasteiger charge is 2.04. The fourth-order valence-corrected chi connectivity index (χ4v) is 1.44. The van der Waals surface area contributed by atoms with Gasteiger partial charge >= 0.3 is 0 Å². The summed E-state index contributed by atoms with van der Waals surface area (Å²) in [6, 6.07) is 3.83. The Kier molecular flexibility index (Phi) is 6.68. The van der Waals surface area contributed by atoms with Crippen LogP contribution < -0.4 is 10.5 Å². The summed E-state index contributed by atoms with van der Waals surface area (Å²) in [5.41, 5.74) is 6.79. The molecule has 1 atom stereocenters. The van der Waals surface area contributed by atoms with Crippen LogP contribution in [0.3, 0.4) is 0 Å². The first-order valence-electron chi connectivity index (χ1n) is 6.55. The molecule has 0 aromatic carbocycles. The van der Waals surface area contributed by atoms with Crippen LogP contribution in [0.25, 0.3) is 0 Å². The van der Waals surface area contributed by atoms with Crippen LogP contribution >= 0.6 is 0 Å². The monoisotopic (exact) mass is 252 g/mol. The van der Waals surface area contributed by atoms with Gasteiger partial charge in [-0.3, -0.25) is 4.98 Å². The zero-order valence-corrected chi connectivity index (χ0v) is 11.6. The van der Waals surface area contributed by atoms with Gasteiger partial charge in [-0.25, -0.2) is 0 Å². The molecule has 0 saturated carbocycles. The van der Waals surface area contributed by atoms with Crippen LogP contribution in [0.1, 0.15) is 38.9 Å². The van der Waals surface area contributed by atoms with Crippen LogP contribution in [0.5, 0.6) is 5.75 Å². The molecule has 1 aromatic rings. The van der Waals surface area contributed by atoms with E-state index in [0.29, 0.717) is 19.1 Å². The van der Waals surface area contributed by atoms with Crippen molar-refractivity contribution in [3.63, 3.8) is 0 Å². The van der Waals surface area contributed by atoms with Crippen molar-refractivity contribution in [2.75, 3.05) is 19.8 Å². The minimum absolute atomic E-state index is 0.00780. The van der Waals surface area contributed by atoms with Gasteiger partial charge in [0.05, 0.1) is 18.5 Å². The molecule has 0 amide bonds. The highest BCUT2D eigenvalue weighted by molar-refractivity contribution is 5.21. The quantitative estimate of drug-likeness (QED) is 0.722. The molecule has 0 aliphatic carbocycles. The molecule has 102 valence electrons. The number of hydrogen-bond acceptors (Lipinski definition) is 4. The number of rotatable bonds is 8. The fourth-order valence-electron chi connectivity index (χ4n) is 1.44. The van der Waals surface area contributed by atoms with Crippen LogP contribution in [0.4, 0.5) is 0 Å². The summed E-state index contributed by atoms with van der Waals surface area (Å²) < 4.78 is 11.0. The van der Waals surface area contributed by atoms with E-state index in [-0.39, 0.29) is 6.04 Å². The van der Waals surface area contributed by atoms with Crippen LogP contribution in [0.2, 0.25) is 0 Å². The van der Waals surface area contributed by atoms with E-state index in [9.17, 15) is 0 Å². The van der Waals surface area contributed by atoms with E-state index in [0.717, 1.165) is 24.5 Å². The summed E-state index contributed by atoms with van der Waals surface area (Å²) in [6.45, 7) is 8.22. The molecule has 1 aromatic heterocycles. The molecule has 4 nitrogen and oxygen atoms in total. The third kappa shape index (κ3) is 5.47. The van der Waals surface area contributed by atoms with E-state index < -0.39 is 0 Å². The molecule has 0 saturated heterocycles. The van der Waals surface area contributed by atoms with Crippen molar-refractivity contribution < 1.29 is 9.47 Å². The number of hydrogen-bond donors (Lipinski definition) is 1. The van der Waals surface area contributed by atoms with E-state index in [1.165, 1.54) is 0 Å². The van der Waals surface area contributed by atoms with E-state index in [1.807, 2.05) is 19.1 Å². The zero-order valence-electron chi connectivity index (χ0n) is 11.6. The summed E-state index contributed by atoms with van der Waals surface area (Å²) in [5.74, 6) is 1.32. The Morgan fingerprint density at radius 1 is 1.28 bits per heavy atom. The number of aromatic nitrogens is 1. The molecule has 1 rings (SSSR count). The van der Waals surface area contributed by atoms with Gasteiger partial charge in [-0.15, -0.1) is 0 Å². The average Bonchev–Trinajstić information content (AvgIpc) is 2.38. The Balaban J connectivity index is 2.27. The lowest BCUT2D eigenvalue weighted by molar-refractivity contribution is 0.0818. The fraction of sp³-hybridized carbons (Fsp3) is 0.643. The molecule has 0 aliphatic rings. The van der Waals surface area contributed by atoms with Crippen molar-refractivity contribution in [1.82, 2.24) is 4.98 Å². The SMILES string of the molecule is CC[C@H](N)c1ccc(OCCOCC(C)C)cn1. The Bertz CT molecular complexity index is 325.